The minimum absolute atomic E-state index is 0.0436. The number of carbonyl (C=O) groups excluding carboxylic acids is 1. The minimum atomic E-state index is -4.69. The van der Waals surface area contributed by atoms with E-state index in [0.717, 1.165) is 24.3 Å². The van der Waals surface area contributed by atoms with Gasteiger partial charge in [-0.05, 0) is 36.4 Å². The standard InChI is InChI=1S/C16H11ClF6N2O/c17-13-5-4-11(7-12(13)16(21,22)23)25-14(26)8-24-10-3-1-2-9(6-10)15(18,19)20/h1-7,24H,8H2,(H,25,26). The summed E-state index contributed by atoms with van der Waals surface area (Å²) in [5, 5.41) is 4.17. The van der Waals surface area contributed by atoms with Gasteiger partial charge in [0.1, 0.15) is 0 Å². The van der Waals surface area contributed by atoms with Crippen LogP contribution in [-0.4, -0.2) is 12.5 Å². The SMILES string of the molecule is O=C(CNc1cccc(C(F)(F)F)c1)Nc1ccc(Cl)c(C(F)(F)F)c1. The topological polar surface area (TPSA) is 41.1 Å². The van der Waals surface area contributed by atoms with Gasteiger partial charge in [-0.3, -0.25) is 4.79 Å². The van der Waals surface area contributed by atoms with Crippen LogP contribution in [0.2, 0.25) is 5.02 Å². The summed E-state index contributed by atoms with van der Waals surface area (Å²) in [6, 6.07) is 7.02. The second kappa shape index (κ2) is 7.45. The normalized spacial score (nSPS) is 12.0. The second-order valence-electron chi connectivity index (χ2n) is 5.17. The molecule has 0 bridgehead atoms. The van der Waals surface area contributed by atoms with Gasteiger partial charge in [0.2, 0.25) is 5.91 Å². The monoisotopic (exact) mass is 396 g/mol. The van der Waals surface area contributed by atoms with Crippen molar-refractivity contribution in [2.75, 3.05) is 17.2 Å². The number of hydrogen-bond donors (Lipinski definition) is 2. The molecule has 2 rings (SSSR count). The largest absolute Gasteiger partial charge is 0.417 e. The van der Waals surface area contributed by atoms with E-state index in [1.165, 1.54) is 12.1 Å². The molecule has 10 heteroatoms. The summed E-state index contributed by atoms with van der Waals surface area (Å²) in [6.07, 6.45) is -9.22. The molecule has 0 saturated heterocycles. The number of hydrogen-bond acceptors (Lipinski definition) is 2. The van der Waals surface area contributed by atoms with Gasteiger partial charge in [-0.25, -0.2) is 0 Å². The first kappa shape index (κ1) is 19.9. The first-order valence-electron chi connectivity index (χ1n) is 7.04. The van der Waals surface area contributed by atoms with Crippen LogP contribution < -0.4 is 10.6 Å². The molecule has 0 unspecified atom stereocenters. The molecule has 1 amide bonds. The van der Waals surface area contributed by atoms with Gasteiger partial charge >= 0.3 is 12.4 Å². The summed E-state index contributed by atoms with van der Waals surface area (Å²) in [5.74, 6) is -0.738. The fourth-order valence-electron chi connectivity index (χ4n) is 2.01. The predicted molar refractivity (Wildman–Crippen MR) is 85.0 cm³/mol. The number of carbonyl (C=O) groups is 1. The lowest BCUT2D eigenvalue weighted by Gasteiger charge is -2.13. The van der Waals surface area contributed by atoms with Crippen molar-refractivity contribution in [1.29, 1.82) is 0 Å². The van der Waals surface area contributed by atoms with Crippen molar-refractivity contribution < 1.29 is 31.1 Å². The Labute approximate surface area is 149 Å². The average Bonchev–Trinajstić information content (AvgIpc) is 2.53. The Morgan fingerprint density at radius 3 is 2.23 bits per heavy atom. The molecule has 2 aromatic rings. The van der Waals surface area contributed by atoms with Crippen LogP contribution in [0.5, 0.6) is 0 Å². The van der Waals surface area contributed by atoms with E-state index < -0.39 is 41.0 Å². The Kier molecular flexibility index (Phi) is 5.70. The fraction of sp³-hybridized carbons (Fsp3) is 0.188. The number of rotatable bonds is 4. The Bertz CT molecular complexity index is 804. The highest BCUT2D eigenvalue weighted by Crippen LogP contribution is 2.36. The van der Waals surface area contributed by atoms with Crippen LogP contribution in [0.25, 0.3) is 0 Å². The van der Waals surface area contributed by atoms with Gasteiger partial charge in [-0.15, -0.1) is 0 Å². The molecule has 0 aromatic heterocycles. The summed E-state index contributed by atoms with van der Waals surface area (Å²) in [4.78, 5) is 11.8. The van der Waals surface area contributed by atoms with E-state index in [1.54, 1.807) is 0 Å². The maximum Gasteiger partial charge on any atom is 0.417 e. The first-order valence-corrected chi connectivity index (χ1v) is 7.42. The third kappa shape index (κ3) is 5.29. The summed E-state index contributed by atoms with van der Waals surface area (Å²) in [5.41, 5.74) is -2.10. The minimum Gasteiger partial charge on any atom is -0.376 e. The van der Waals surface area contributed by atoms with E-state index in [2.05, 4.69) is 10.6 Å². The van der Waals surface area contributed by atoms with Crippen molar-refractivity contribution >= 4 is 28.9 Å². The highest BCUT2D eigenvalue weighted by Gasteiger charge is 2.33. The van der Waals surface area contributed by atoms with E-state index in [4.69, 9.17) is 11.6 Å². The maximum absolute atomic E-state index is 12.8. The fourth-order valence-corrected chi connectivity index (χ4v) is 2.24. The molecular formula is C16H11ClF6N2O. The van der Waals surface area contributed by atoms with E-state index in [1.807, 2.05) is 0 Å². The molecule has 0 aliphatic rings. The van der Waals surface area contributed by atoms with Crippen molar-refractivity contribution in [3.8, 4) is 0 Å². The Morgan fingerprint density at radius 2 is 1.62 bits per heavy atom. The predicted octanol–water partition coefficient (Wildman–Crippen LogP) is 5.43. The number of alkyl halides is 6. The van der Waals surface area contributed by atoms with Gasteiger partial charge in [0.25, 0.3) is 0 Å². The lowest BCUT2D eigenvalue weighted by Crippen LogP contribution is -2.22. The van der Waals surface area contributed by atoms with Crippen LogP contribution in [0.4, 0.5) is 37.7 Å². The molecule has 0 atom stereocenters. The molecule has 0 radical (unpaired) electrons. The van der Waals surface area contributed by atoms with Crippen LogP contribution in [0, 0.1) is 0 Å². The molecule has 0 aliphatic heterocycles. The van der Waals surface area contributed by atoms with Crippen molar-refractivity contribution in [2.45, 2.75) is 12.4 Å². The molecule has 0 fully saturated rings. The zero-order valence-corrected chi connectivity index (χ0v) is 13.6. The molecular weight excluding hydrogens is 386 g/mol. The maximum atomic E-state index is 12.8. The first-order chi connectivity index (χ1) is 12.0. The Balaban J connectivity index is 2.02. The van der Waals surface area contributed by atoms with Gasteiger partial charge in [0.15, 0.2) is 0 Å². The quantitative estimate of drug-likeness (QED) is 0.677. The Morgan fingerprint density at radius 1 is 0.923 bits per heavy atom. The Hall–Kier alpha value is -2.42. The second-order valence-corrected chi connectivity index (χ2v) is 5.58. The summed E-state index contributed by atoms with van der Waals surface area (Å²) in [6.45, 7) is -0.439. The smallest absolute Gasteiger partial charge is 0.376 e. The molecule has 0 aliphatic carbocycles. The number of nitrogens with one attached hydrogen (secondary N) is 2. The van der Waals surface area contributed by atoms with Crippen molar-refractivity contribution in [2.24, 2.45) is 0 Å². The zero-order valence-electron chi connectivity index (χ0n) is 12.8. The average molecular weight is 397 g/mol. The molecule has 140 valence electrons. The lowest BCUT2D eigenvalue weighted by molar-refractivity contribution is -0.138. The highest BCUT2D eigenvalue weighted by molar-refractivity contribution is 6.31. The molecule has 0 heterocycles. The molecule has 2 aromatic carbocycles. The van der Waals surface area contributed by atoms with Crippen LogP contribution in [0.1, 0.15) is 11.1 Å². The molecule has 26 heavy (non-hydrogen) atoms. The van der Waals surface area contributed by atoms with Gasteiger partial charge < -0.3 is 10.6 Å². The number of halogens is 7. The molecule has 0 spiro atoms. The van der Waals surface area contributed by atoms with Gasteiger partial charge in [0.05, 0.1) is 22.7 Å². The third-order valence-corrected chi connectivity index (χ3v) is 3.53. The van der Waals surface area contributed by atoms with E-state index in [0.29, 0.717) is 6.07 Å². The highest BCUT2D eigenvalue weighted by atomic mass is 35.5. The van der Waals surface area contributed by atoms with E-state index in [-0.39, 0.29) is 11.4 Å². The van der Waals surface area contributed by atoms with E-state index >= 15 is 0 Å². The van der Waals surface area contributed by atoms with Crippen LogP contribution in [-0.2, 0) is 17.1 Å². The molecule has 0 saturated carbocycles. The van der Waals surface area contributed by atoms with Crippen molar-refractivity contribution in [1.82, 2.24) is 0 Å². The van der Waals surface area contributed by atoms with E-state index in [9.17, 15) is 31.1 Å². The van der Waals surface area contributed by atoms with Gasteiger partial charge in [-0.2, -0.15) is 26.3 Å². The molecule has 3 nitrogen and oxygen atoms in total. The van der Waals surface area contributed by atoms with Crippen LogP contribution in [0.3, 0.4) is 0 Å². The van der Waals surface area contributed by atoms with Gasteiger partial charge in [-0.1, -0.05) is 17.7 Å². The van der Waals surface area contributed by atoms with Crippen molar-refractivity contribution in [3.05, 3.63) is 58.6 Å². The number of anilines is 2. The number of amides is 1. The van der Waals surface area contributed by atoms with Crippen LogP contribution in [0.15, 0.2) is 42.5 Å². The third-order valence-electron chi connectivity index (χ3n) is 3.20. The van der Waals surface area contributed by atoms with Crippen LogP contribution >= 0.6 is 11.6 Å². The van der Waals surface area contributed by atoms with Gasteiger partial charge in [0, 0.05) is 11.4 Å². The summed E-state index contributed by atoms with van der Waals surface area (Å²) in [7, 11) is 0. The lowest BCUT2D eigenvalue weighted by atomic mass is 10.2. The number of benzene rings is 2. The summed E-state index contributed by atoms with van der Waals surface area (Å²) >= 11 is 5.47. The van der Waals surface area contributed by atoms with Crippen molar-refractivity contribution in [3.63, 3.8) is 0 Å². The molecule has 2 N–H and O–H groups in total. The summed E-state index contributed by atoms with van der Waals surface area (Å²) < 4.78 is 76.1. The zero-order chi connectivity index (χ0) is 19.5.